The molecule has 0 aliphatic heterocycles. The van der Waals surface area contributed by atoms with Crippen LogP contribution in [0.5, 0.6) is 0 Å². The van der Waals surface area contributed by atoms with E-state index in [4.69, 9.17) is 28.2 Å². The summed E-state index contributed by atoms with van der Waals surface area (Å²) in [7, 11) is 0. The molecule has 0 aliphatic carbocycles. The third-order valence-corrected chi connectivity index (χ3v) is 7.14. The van der Waals surface area contributed by atoms with Crippen molar-refractivity contribution in [3.8, 4) is 28.5 Å². The van der Waals surface area contributed by atoms with Crippen molar-refractivity contribution in [2.75, 3.05) is 0 Å². The molecule has 0 aliphatic rings. The SMILES string of the molecule is CC(C)(C)c1ccc(CSc2nc(-c3ccc(Cl)cc3)cc(-c3ccc(Cl)cc3)c2C#N)cc1. The second-order valence-corrected chi connectivity index (χ2v) is 10.9. The molecule has 1 aromatic heterocycles. The van der Waals surface area contributed by atoms with Crippen LogP contribution in [0.3, 0.4) is 0 Å². The monoisotopic (exact) mass is 502 g/mol. The average molecular weight is 503 g/mol. The van der Waals surface area contributed by atoms with Crippen LogP contribution in [0.4, 0.5) is 0 Å². The van der Waals surface area contributed by atoms with E-state index in [9.17, 15) is 5.26 Å². The van der Waals surface area contributed by atoms with Gasteiger partial charge in [0.1, 0.15) is 11.1 Å². The summed E-state index contributed by atoms with van der Waals surface area (Å²) in [4.78, 5) is 4.89. The van der Waals surface area contributed by atoms with Gasteiger partial charge in [0.15, 0.2) is 0 Å². The summed E-state index contributed by atoms with van der Waals surface area (Å²) in [6, 6.07) is 28.2. The molecule has 34 heavy (non-hydrogen) atoms. The third kappa shape index (κ3) is 5.65. The van der Waals surface area contributed by atoms with Gasteiger partial charge in [0, 0.05) is 26.9 Å². The Morgan fingerprint density at radius 3 is 1.91 bits per heavy atom. The van der Waals surface area contributed by atoms with Gasteiger partial charge in [0.2, 0.25) is 0 Å². The lowest BCUT2D eigenvalue weighted by Gasteiger charge is -2.19. The molecule has 0 unspecified atom stereocenters. The van der Waals surface area contributed by atoms with Gasteiger partial charge in [-0.3, -0.25) is 0 Å². The Labute approximate surface area is 215 Å². The topological polar surface area (TPSA) is 36.7 Å². The highest BCUT2D eigenvalue weighted by molar-refractivity contribution is 7.98. The maximum Gasteiger partial charge on any atom is 0.115 e. The van der Waals surface area contributed by atoms with E-state index in [1.165, 1.54) is 11.1 Å². The van der Waals surface area contributed by atoms with Gasteiger partial charge in [-0.25, -0.2) is 4.98 Å². The van der Waals surface area contributed by atoms with Crippen LogP contribution in [0, 0.1) is 11.3 Å². The zero-order valence-electron chi connectivity index (χ0n) is 19.3. The number of benzene rings is 3. The van der Waals surface area contributed by atoms with Crippen LogP contribution in [0.25, 0.3) is 22.4 Å². The van der Waals surface area contributed by atoms with E-state index in [-0.39, 0.29) is 5.41 Å². The van der Waals surface area contributed by atoms with E-state index in [2.05, 4.69) is 51.1 Å². The van der Waals surface area contributed by atoms with Gasteiger partial charge in [-0.05, 0) is 52.4 Å². The Bertz CT molecular complexity index is 1330. The van der Waals surface area contributed by atoms with Crippen LogP contribution in [0.2, 0.25) is 10.0 Å². The van der Waals surface area contributed by atoms with Gasteiger partial charge in [0.25, 0.3) is 0 Å². The summed E-state index contributed by atoms with van der Waals surface area (Å²) in [6.45, 7) is 6.63. The Morgan fingerprint density at radius 1 is 0.824 bits per heavy atom. The molecule has 4 aromatic rings. The molecule has 0 spiro atoms. The molecule has 0 atom stereocenters. The number of halogens is 2. The van der Waals surface area contributed by atoms with Gasteiger partial charge < -0.3 is 0 Å². The predicted octanol–water partition coefficient (Wildman–Crippen LogP) is 9.18. The summed E-state index contributed by atoms with van der Waals surface area (Å²) in [6.07, 6.45) is 0. The first-order valence-corrected chi connectivity index (χ1v) is 12.7. The van der Waals surface area contributed by atoms with Gasteiger partial charge in [-0.1, -0.05) is 92.5 Å². The molecular weight excluding hydrogens is 479 g/mol. The molecule has 0 fully saturated rings. The average Bonchev–Trinajstić information content (AvgIpc) is 2.83. The predicted molar refractivity (Wildman–Crippen MR) is 145 cm³/mol. The van der Waals surface area contributed by atoms with Crippen molar-refractivity contribution in [2.24, 2.45) is 0 Å². The largest absolute Gasteiger partial charge is 0.240 e. The lowest BCUT2D eigenvalue weighted by Crippen LogP contribution is -2.10. The van der Waals surface area contributed by atoms with Crippen LogP contribution in [0.15, 0.2) is 83.9 Å². The van der Waals surface area contributed by atoms with Gasteiger partial charge in [-0.2, -0.15) is 5.26 Å². The molecule has 0 amide bonds. The summed E-state index contributed by atoms with van der Waals surface area (Å²) in [5, 5.41) is 12.1. The highest BCUT2D eigenvalue weighted by Crippen LogP contribution is 2.36. The number of nitriles is 1. The molecule has 1 heterocycles. The summed E-state index contributed by atoms with van der Waals surface area (Å²) in [5.74, 6) is 0.718. The third-order valence-electron chi connectivity index (χ3n) is 5.59. The minimum Gasteiger partial charge on any atom is -0.240 e. The first-order valence-electron chi connectivity index (χ1n) is 10.9. The zero-order valence-corrected chi connectivity index (χ0v) is 21.6. The Kier molecular flexibility index (Phi) is 7.33. The number of hydrogen-bond donors (Lipinski definition) is 0. The van der Waals surface area contributed by atoms with Crippen molar-refractivity contribution in [1.29, 1.82) is 5.26 Å². The maximum absolute atomic E-state index is 10.1. The molecule has 0 saturated carbocycles. The Hall–Kier alpha value is -2.77. The Morgan fingerprint density at radius 2 is 1.38 bits per heavy atom. The summed E-state index contributed by atoms with van der Waals surface area (Å²) in [5.41, 5.74) is 6.67. The van der Waals surface area contributed by atoms with Gasteiger partial charge >= 0.3 is 0 Å². The standard InChI is InChI=1S/C29H24Cl2N2S/c1-29(2,3)22-10-4-19(5-11-22)18-34-28-26(17-32)25(20-6-12-23(30)13-7-20)16-27(33-28)21-8-14-24(31)15-9-21/h4-16H,18H2,1-3H3. The molecule has 0 N–H and O–H groups in total. The number of nitrogens with zero attached hydrogens (tertiary/aromatic N) is 2. The molecule has 2 nitrogen and oxygen atoms in total. The fraction of sp³-hybridized carbons (Fsp3) is 0.172. The number of rotatable bonds is 5. The maximum atomic E-state index is 10.1. The van der Waals surface area contributed by atoms with Crippen LogP contribution >= 0.6 is 35.0 Å². The van der Waals surface area contributed by atoms with Crippen LogP contribution < -0.4 is 0 Å². The van der Waals surface area contributed by atoms with Crippen molar-refractivity contribution >= 4 is 35.0 Å². The van der Waals surface area contributed by atoms with Crippen LogP contribution in [0.1, 0.15) is 37.5 Å². The highest BCUT2D eigenvalue weighted by atomic mass is 35.5. The minimum absolute atomic E-state index is 0.113. The molecule has 5 heteroatoms. The number of hydrogen-bond acceptors (Lipinski definition) is 3. The van der Waals surface area contributed by atoms with E-state index >= 15 is 0 Å². The first kappa shape index (κ1) is 24.4. The Balaban J connectivity index is 1.75. The van der Waals surface area contributed by atoms with Crippen molar-refractivity contribution in [2.45, 2.75) is 37.0 Å². The zero-order chi connectivity index (χ0) is 24.3. The summed E-state index contributed by atoms with van der Waals surface area (Å²) < 4.78 is 0. The molecular formula is C29H24Cl2N2S. The van der Waals surface area contributed by atoms with E-state index in [0.717, 1.165) is 28.1 Å². The van der Waals surface area contributed by atoms with Crippen LogP contribution in [-0.4, -0.2) is 4.98 Å². The number of pyridine rings is 1. The van der Waals surface area contributed by atoms with Crippen LogP contribution in [-0.2, 0) is 11.2 Å². The van der Waals surface area contributed by atoms with Crippen molar-refractivity contribution in [3.05, 3.63) is 106 Å². The molecule has 4 rings (SSSR count). The van der Waals surface area contributed by atoms with E-state index in [1.807, 2.05) is 54.6 Å². The second kappa shape index (κ2) is 10.2. The number of aromatic nitrogens is 1. The highest BCUT2D eigenvalue weighted by Gasteiger charge is 2.17. The van der Waals surface area contributed by atoms with E-state index in [1.54, 1.807) is 11.8 Å². The van der Waals surface area contributed by atoms with Crippen molar-refractivity contribution in [3.63, 3.8) is 0 Å². The van der Waals surface area contributed by atoms with Gasteiger partial charge in [0.05, 0.1) is 11.3 Å². The molecule has 3 aromatic carbocycles. The summed E-state index contributed by atoms with van der Waals surface area (Å²) >= 11 is 13.8. The smallest absolute Gasteiger partial charge is 0.115 e. The minimum atomic E-state index is 0.113. The van der Waals surface area contributed by atoms with Gasteiger partial charge in [-0.15, -0.1) is 11.8 Å². The fourth-order valence-electron chi connectivity index (χ4n) is 3.61. The van der Waals surface area contributed by atoms with Crippen molar-refractivity contribution in [1.82, 2.24) is 4.98 Å². The molecule has 0 saturated heterocycles. The number of thioether (sulfide) groups is 1. The normalized spacial score (nSPS) is 11.3. The lowest BCUT2D eigenvalue weighted by molar-refractivity contribution is 0.590. The van der Waals surface area contributed by atoms with E-state index in [0.29, 0.717) is 20.6 Å². The second-order valence-electron chi connectivity index (χ2n) is 9.10. The fourth-order valence-corrected chi connectivity index (χ4v) is 4.82. The van der Waals surface area contributed by atoms with Crippen molar-refractivity contribution < 1.29 is 0 Å². The molecule has 170 valence electrons. The molecule has 0 bridgehead atoms. The quantitative estimate of drug-likeness (QED) is 0.255. The molecule has 0 radical (unpaired) electrons. The first-order chi connectivity index (χ1) is 16.2. The van der Waals surface area contributed by atoms with E-state index < -0.39 is 0 Å². The lowest BCUT2D eigenvalue weighted by atomic mass is 9.87.